The number of nitrogens with one attached hydrogen (secondary N) is 3. The average molecular weight is 412 g/mol. The van der Waals surface area contributed by atoms with E-state index in [-0.39, 0.29) is 11.7 Å². The van der Waals surface area contributed by atoms with Gasteiger partial charge in [-0.2, -0.15) is 0 Å². The highest BCUT2D eigenvalue weighted by atomic mass is 32.1. The van der Waals surface area contributed by atoms with E-state index in [1.54, 1.807) is 18.2 Å². The molecule has 0 saturated carbocycles. The molecule has 2 aromatic carbocycles. The van der Waals surface area contributed by atoms with E-state index >= 15 is 0 Å². The van der Waals surface area contributed by atoms with Gasteiger partial charge < -0.3 is 25.8 Å². The minimum atomic E-state index is -0.477. The van der Waals surface area contributed by atoms with Crippen molar-refractivity contribution in [2.24, 2.45) is 0 Å². The number of carbonyl (C=O) groups is 1. The lowest BCUT2D eigenvalue weighted by Gasteiger charge is -2.30. The first-order valence-electron chi connectivity index (χ1n) is 9.42. The minimum absolute atomic E-state index is 0.0500. The van der Waals surface area contributed by atoms with E-state index < -0.39 is 6.04 Å². The fourth-order valence-electron chi connectivity index (χ4n) is 3.47. The molecule has 0 fully saturated rings. The SMILES string of the molecule is CCOc1cc([C@H]2NC(=S)NC(C)=C2C(=O)Nc2cc(C)cc(C)c2)ccc1O. The van der Waals surface area contributed by atoms with Crippen molar-refractivity contribution in [1.82, 2.24) is 10.6 Å². The highest BCUT2D eigenvalue weighted by molar-refractivity contribution is 7.80. The Hall–Kier alpha value is -3.06. The van der Waals surface area contributed by atoms with Crippen LogP contribution in [0.2, 0.25) is 0 Å². The van der Waals surface area contributed by atoms with Crippen molar-refractivity contribution in [3.05, 3.63) is 64.4 Å². The van der Waals surface area contributed by atoms with Crippen LogP contribution in [0.4, 0.5) is 5.69 Å². The second-order valence-electron chi connectivity index (χ2n) is 7.06. The molecule has 6 nitrogen and oxygen atoms in total. The maximum atomic E-state index is 13.2. The number of hydrogen-bond donors (Lipinski definition) is 4. The Morgan fingerprint density at radius 2 is 1.86 bits per heavy atom. The number of allylic oxidation sites excluding steroid dienone is 1. The van der Waals surface area contributed by atoms with Crippen LogP contribution >= 0.6 is 12.2 Å². The molecule has 29 heavy (non-hydrogen) atoms. The lowest BCUT2D eigenvalue weighted by Crippen LogP contribution is -2.45. The summed E-state index contributed by atoms with van der Waals surface area (Å²) in [5, 5.41) is 19.6. The third kappa shape index (κ3) is 4.68. The van der Waals surface area contributed by atoms with Crippen molar-refractivity contribution in [2.75, 3.05) is 11.9 Å². The molecule has 0 unspecified atom stereocenters. The predicted molar refractivity (Wildman–Crippen MR) is 118 cm³/mol. The predicted octanol–water partition coefficient (Wildman–Crippen LogP) is 3.84. The number of thiocarbonyl (C=S) groups is 1. The number of carbonyl (C=O) groups excluding carboxylic acids is 1. The first-order valence-corrected chi connectivity index (χ1v) is 9.83. The van der Waals surface area contributed by atoms with Gasteiger partial charge in [0, 0.05) is 11.4 Å². The molecule has 1 atom stereocenters. The van der Waals surface area contributed by atoms with Gasteiger partial charge >= 0.3 is 0 Å². The zero-order valence-corrected chi connectivity index (χ0v) is 17.7. The number of benzene rings is 2. The molecule has 1 heterocycles. The topological polar surface area (TPSA) is 82.6 Å². The van der Waals surface area contributed by atoms with Crippen molar-refractivity contribution >= 4 is 28.9 Å². The van der Waals surface area contributed by atoms with Gasteiger partial charge in [0.15, 0.2) is 16.6 Å². The number of amides is 1. The molecule has 3 rings (SSSR count). The molecular weight excluding hydrogens is 386 g/mol. The van der Waals surface area contributed by atoms with E-state index in [1.807, 2.05) is 39.8 Å². The number of hydrogen-bond acceptors (Lipinski definition) is 4. The van der Waals surface area contributed by atoms with E-state index in [9.17, 15) is 9.90 Å². The molecule has 1 aliphatic heterocycles. The average Bonchev–Trinajstić information content (AvgIpc) is 2.62. The Bertz CT molecular complexity index is 981. The van der Waals surface area contributed by atoms with Crippen molar-refractivity contribution in [3.8, 4) is 11.5 Å². The van der Waals surface area contributed by atoms with Gasteiger partial charge in [0.2, 0.25) is 0 Å². The zero-order chi connectivity index (χ0) is 21.1. The minimum Gasteiger partial charge on any atom is -0.504 e. The number of phenols is 1. The Morgan fingerprint density at radius 1 is 1.17 bits per heavy atom. The number of aromatic hydroxyl groups is 1. The van der Waals surface area contributed by atoms with E-state index in [2.05, 4.69) is 22.0 Å². The molecule has 7 heteroatoms. The number of rotatable bonds is 5. The smallest absolute Gasteiger partial charge is 0.255 e. The molecule has 1 aliphatic rings. The first-order chi connectivity index (χ1) is 13.8. The summed E-state index contributed by atoms with van der Waals surface area (Å²) < 4.78 is 5.50. The van der Waals surface area contributed by atoms with Crippen molar-refractivity contribution in [2.45, 2.75) is 33.7 Å². The van der Waals surface area contributed by atoms with E-state index in [1.165, 1.54) is 0 Å². The molecule has 0 bridgehead atoms. The molecule has 4 N–H and O–H groups in total. The summed E-state index contributed by atoms with van der Waals surface area (Å²) in [7, 11) is 0. The van der Waals surface area contributed by atoms with Crippen LogP contribution in [0.15, 0.2) is 47.7 Å². The molecule has 0 aliphatic carbocycles. The normalized spacial score (nSPS) is 16.1. The van der Waals surface area contributed by atoms with Crippen molar-refractivity contribution < 1.29 is 14.6 Å². The van der Waals surface area contributed by atoms with Gasteiger partial charge in [-0.1, -0.05) is 12.1 Å². The highest BCUT2D eigenvalue weighted by Crippen LogP contribution is 2.34. The third-order valence-corrected chi connectivity index (χ3v) is 4.83. The monoisotopic (exact) mass is 411 g/mol. The van der Waals surface area contributed by atoms with Gasteiger partial charge in [-0.05, 0) is 80.9 Å². The van der Waals surface area contributed by atoms with Crippen molar-refractivity contribution in [3.63, 3.8) is 0 Å². The number of ether oxygens (including phenoxy) is 1. The largest absolute Gasteiger partial charge is 0.504 e. The van der Waals surface area contributed by atoms with Gasteiger partial charge in [-0.3, -0.25) is 4.79 Å². The lowest BCUT2D eigenvalue weighted by atomic mass is 9.94. The van der Waals surface area contributed by atoms with E-state index in [4.69, 9.17) is 17.0 Å². The van der Waals surface area contributed by atoms with Gasteiger partial charge in [-0.25, -0.2) is 0 Å². The van der Waals surface area contributed by atoms with Crippen LogP contribution in [0.3, 0.4) is 0 Å². The van der Waals surface area contributed by atoms with Crippen LogP contribution < -0.4 is 20.7 Å². The van der Waals surface area contributed by atoms with Crippen LogP contribution in [-0.2, 0) is 4.79 Å². The van der Waals surface area contributed by atoms with Crippen LogP contribution in [-0.4, -0.2) is 22.7 Å². The summed E-state index contributed by atoms with van der Waals surface area (Å²) in [6, 6.07) is 10.5. The molecule has 152 valence electrons. The summed E-state index contributed by atoms with van der Waals surface area (Å²) in [5.41, 5.74) is 4.84. The van der Waals surface area contributed by atoms with E-state index in [0.29, 0.717) is 28.7 Å². The number of aryl methyl sites for hydroxylation is 2. The second-order valence-corrected chi connectivity index (χ2v) is 7.47. The Labute approximate surface area is 176 Å². The molecule has 0 spiro atoms. The van der Waals surface area contributed by atoms with Crippen LogP contribution in [0, 0.1) is 13.8 Å². The van der Waals surface area contributed by atoms with Crippen LogP contribution in [0.5, 0.6) is 11.5 Å². The van der Waals surface area contributed by atoms with Gasteiger partial charge in [-0.15, -0.1) is 0 Å². The molecule has 2 aromatic rings. The summed E-state index contributed by atoms with van der Waals surface area (Å²) in [4.78, 5) is 13.2. The zero-order valence-electron chi connectivity index (χ0n) is 16.9. The fraction of sp³-hybridized carbons (Fsp3) is 0.273. The maximum absolute atomic E-state index is 13.2. The molecule has 1 amide bonds. The van der Waals surface area contributed by atoms with Gasteiger partial charge in [0.25, 0.3) is 5.91 Å². The summed E-state index contributed by atoms with van der Waals surface area (Å²) in [5.74, 6) is 0.183. The summed E-state index contributed by atoms with van der Waals surface area (Å²) in [6.07, 6.45) is 0. The van der Waals surface area contributed by atoms with Crippen molar-refractivity contribution in [1.29, 1.82) is 0 Å². The third-order valence-electron chi connectivity index (χ3n) is 4.61. The lowest BCUT2D eigenvalue weighted by molar-refractivity contribution is -0.113. The van der Waals surface area contributed by atoms with E-state index in [0.717, 1.165) is 22.4 Å². The Morgan fingerprint density at radius 3 is 2.52 bits per heavy atom. The quantitative estimate of drug-likeness (QED) is 0.560. The Kier molecular flexibility index (Phi) is 6.08. The van der Waals surface area contributed by atoms with Gasteiger partial charge in [0.05, 0.1) is 18.2 Å². The first kappa shape index (κ1) is 20.7. The number of phenolic OH excluding ortho intramolecular Hbond substituents is 1. The van der Waals surface area contributed by atoms with Gasteiger partial charge in [0.1, 0.15) is 0 Å². The number of anilines is 1. The maximum Gasteiger partial charge on any atom is 0.255 e. The van der Waals surface area contributed by atoms with Crippen LogP contribution in [0.1, 0.15) is 36.6 Å². The summed E-state index contributed by atoms with van der Waals surface area (Å²) in [6.45, 7) is 8.06. The molecule has 0 saturated heterocycles. The Balaban J connectivity index is 1.97. The highest BCUT2D eigenvalue weighted by Gasteiger charge is 2.30. The summed E-state index contributed by atoms with van der Waals surface area (Å²) >= 11 is 5.30. The standard InChI is InChI=1S/C22H25N3O3S/c1-5-28-18-11-15(6-7-17(18)26)20-19(14(4)23-22(29)25-20)21(27)24-16-9-12(2)8-13(3)10-16/h6-11,20,26H,5H2,1-4H3,(H,24,27)(H2,23,25,29)/t20-/m1/s1. The molecular formula is C22H25N3O3S. The molecule has 0 radical (unpaired) electrons. The fourth-order valence-corrected chi connectivity index (χ4v) is 3.74. The molecule has 0 aromatic heterocycles. The van der Waals surface area contributed by atoms with Crippen LogP contribution in [0.25, 0.3) is 0 Å². The second kappa shape index (κ2) is 8.53.